The van der Waals surface area contributed by atoms with Crippen LogP contribution in [0.25, 0.3) is 0 Å². The Balaban J connectivity index is 1.91. The number of ether oxygens (including phenoxy) is 1. The van der Waals surface area contributed by atoms with Crippen LogP contribution < -0.4 is 10.6 Å². The lowest BCUT2D eigenvalue weighted by molar-refractivity contribution is -0.162. The van der Waals surface area contributed by atoms with Gasteiger partial charge in [-0.1, -0.05) is 70.3 Å². The fourth-order valence-corrected chi connectivity index (χ4v) is 6.98. The second-order valence-electron chi connectivity index (χ2n) is 13.9. The number of benzene rings is 1. The van der Waals surface area contributed by atoms with Gasteiger partial charge in [0.15, 0.2) is 0 Å². The first-order chi connectivity index (χ1) is 22.0. The number of rotatable bonds is 12. The predicted octanol–water partition coefficient (Wildman–Crippen LogP) is 7.40. The van der Waals surface area contributed by atoms with Crippen LogP contribution in [0.5, 0.6) is 0 Å². The summed E-state index contributed by atoms with van der Waals surface area (Å²) in [4.78, 5) is 51.5. The van der Waals surface area contributed by atoms with E-state index in [4.69, 9.17) is 4.74 Å². The van der Waals surface area contributed by atoms with Gasteiger partial charge in [-0.3, -0.25) is 14.5 Å². The van der Waals surface area contributed by atoms with Crippen LogP contribution in [-0.4, -0.2) is 64.3 Å². The van der Waals surface area contributed by atoms with Crippen molar-refractivity contribution in [1.82, 2.24) is 10.2 Å². The number of carboxylic acids is 1. The average Bonchev–Trinajstić information content (AvgIpc) is 3.01. The van der Waals surface area contributed by atoms with Gasteiger partial charge >= 0.3 is 12.1 Å². The standard InChI is InChI=1S/C34H49F4N3O6/c1-19(31(43)41(20(2)32(44)45)29(38)28(36)37)23-16-17-25(24(35)18-23)39-30(42)27(40-33(46)47-34(3,4)5)26(21-12-8-6-9-13-21)22-14-10-7-11-15-22/h16-22,26-29H,6-15H2,1-5H3,(H,39,42)(H,40,46)(H,44,45). The molecule has 3 amide bonds. The van der Waals surface area contributed by atoms with Crippen LogP contribution in [0, 0.1) is 23.6 Å². The summed E-state index contributed by atoms with van der Waals surface area (Å²) < 4.78 is 61.8. The van der Waals surface area contributed by atoms with E-state index in [1.54, 1.807) is 20.8 Å². The van der Waals surface area contributed by atoms with E-state index in [1.165, 1.54) is 19.1 Å². The molecule has 264 valence electrons. The number of carbonyl (C=O) groups is 4. The Bertz CT molecular complexity index is 1230. The number of alkyl carbamates (subject to hydrolysis) is 1. The van der Waals surface area contributed by atoms with Crippen LogP contribution >= 0.6 is 0 Å². The fourth-order valence-electron chi connectivity index (χ4n) is 6.98. The minimum atomic E-state index is -3.66. The molecule has 0 heterocycles. The quantitative estimate of drug-likeness (QED) is 0.157. The van der Waals surface area contributed by atoms with Crippen molar-refractivity contribution in [2.45, 2.75) is 135 Å². The van der Waals surface area contributed by atoms with Crippen molar-refractivity contribution in [3.8, 4) is 0 Å². The zero-order valence-corrected chi connectivity index (χ0v) is 27.9. The zero-order chi connectivity index (χ0) is 35.1. The van der Waals surface area contributed by atoms with Gasteiger partial charge in [0.05, 0.1) is 11.6 Å². The van der Waals surface area contributed by atoms with E-state index in [0.29, 0.717) is 0 Å². The number of nitrogens with one attached hydrogen (secondary N) is 2. The molecule has 3 rings (SSSR count). The summed E-state index contributed by atoms with van der Waals surface area (Å²) in [5, 5.41) is 14.7. The van der Waals surface area contributed by atoms with Crippen LogP contribution in [0.4, 0.5) is 28.0 Å². The molecule has 2 aliphatic rings. The molecule has 0 spiro atoms. The van der Waals surface area contributed by atoms with E-state index in [1.807, 2.05) is 0 Å². The number of carboxylic acid groups (broad SMARTS) is 1. The Kier molecular flexibility index (Phi) is 13.5. The molecule has 4 atom stereocenters. The van der Waals surface area contributed by atoms with Gasteiger partial charge in [0, 0.05) is 0 Å². The lowest BCUT2D eigenvalue weighted by atomic mass is 9.66. The van der Waals surface area contributed by atoms with Crippen molar-refractivity contribution in [3.63, 3.8) is 0 Å². The summed E-state index contributed by atoms with van der Waals surface area (Å²) in [6.45, 7) is 7.26. The molecular formula is C34H49F4N3O6. The molecule has 4 unspecified atom stereocenters. The molecule has 0 bridgehead atoms. The summed E-state index contributed by atoms with van der Waals surface area (Å²) in [5.41, 5.74) is -1.10. The number of nitrogens with zero attached hydrogens (tertiary/aromatic N) is 1. The molecule has 2 saturated carbocycles. The van der Waals surface area contributed by atoms with Crippen LogP contribution in [0.3, 0.4) is 0 Å². The lowest BCUT2D eigenvalue weighted by Crippen LogP contribution is -2.54. The maximum absolute atomic E-state index is 15.5. The minimum absolute atomic E-state index is 0.0414. The fraction of sp³-hybridized carbons (Fsp3) is 0.706. The van der Waals surface area contributed by atoms with Crippen LogP contribution in [0.2, 0.25) is 0 Å². The average molecular weight is 672 g/mol. The van der Waals surface area contributed by atoms with E-state index < -0.39 is 66.0 Å². The molecule has 1 aromatic rings. The smallest absolute Gasteiger partial charge is 0.408 e. The van der Waals surface area contributed by atoms with E-state index in [-0.39, 0.29) is 33.9 Å². The largest absolute Gasteiger partial charge is 0.480 e. The number of alkyl halides is 3. The van der Waals surface area contributed by atoms with E-state index in [9.17, 15) is 37.5 Å². The van der Waals surface area contributed by atoms with Gasteiger partial charge < -0.3 is 20.5 Å². The van der Waals surface area contributed by atoms with Crippen molar-refractivity contribution in [2.75, 3.05) is 5.32 Å². The van der Waals surface area contributed by atoms with E-state index in [2.05, 4.69) is 10.6 Å². The molecule has 0 aromatic heterocycles. The number of amides is 3. The van der Waals surface area contributed by atoms with Crippen molar-refractivity contribution < 1.29 is 46.6 Å². The van der Waals surface area contributed by atoms with Crippen LogP contribution in [0.15, 0.2) is 18.2 Å². The summed E-state index contributed by atoms with van der Waals surface area (Å²) in [6, 6.07) is 0.452. The topological polar surface area (TPSA) is 125 Å². The molecule has 3 N–H and O–H groups in total. The Morgan fingerprint density at radius 3 is 1.89 bits per heavy atom. The number of hydrogen-bond donors (Lipinski definition) is 3. The first kappa shape index (κ1) is 38.1. The summed E-state index contributed by atoms with van der Waals surface area (Å²) in [7, 11) is 0. The van der Waals surface area contributed by atoms with Crippen LogP contribution in [0.1, 0.15) is 110 Å². The first-order valence-corrected chi connectivity index (χ1v) is 16.6. The van der Waals surface area contributed by atoms with Gasteiger partial charge in [0.1, 0.15) is 23.5 Å². The predicted molar refractivity (Wildman–Crippen MR) is 168 cm³/mol. The second-order valence-corrected chi connectivity index (χ2v) is 13.9. The van der Waals surface area contributed by atoms with E-state index >= 15 is 4.39 Å². The number of anilines is 1. The molecule has 1 aromatic carbocycles. The van der Waals surface area contributed by atoms with Crippen molar-refractivity contribution in [2.24, 2.45) is 17.8 Å². The second kappa shape index (κ2) is 16.6. The van der Waals surface area contributed by atoms with Crippen molar-refractivity contribution >= 4 is 29.6 Å². The number of halogens is 4. The molecule has 0 aliphatic heterocycles. The van der Waals surface area contributed by atoms with Gasteiger partial charge in [-0.05, 0) is 70.1 Å². The Labute approximate surface area is 274 Å². The van der Waals surface area contributed by atoms with Crippen molar-refractivity contribution in [1.29, 1.82) is 0 Å². The number of hydrogen-bond acceptors (Lipinski definition) is 5. The number of carbonyl (C=O) groups excluding carboxylic acids is 3. The minimum Gasteiger partial charge on any atom is -0.480 e. The van der Waals surface area contributed by atoms with Gasteiger partial charge in [-0.25, -0.2) is 27.2 Å². The van der Waals surface area contributed by atoms with Crippen LogP contribution in [-0.2, 0) is 19.1 Å². The van der Waals surface area contributed by atoms with Crippen molar-refractivity contribution in [3.05, 3.63) is 29.6 Å². The third-order valence-electron chi connectivity index (χ3n) is 9.35. The highest BCUT2D eigenvalue weighted by atomic mass is 19.3. The molecule has 0 saturated heterocycles. The molecule has 2 aliphatic carbocycles. The van der Waals surface area contributed by atoms with Gasteiger partial charge in [-0.2, -0.15) is 0 Å². The van der Waals surface area contributed by atoms with Gasteiger partial charge in [0.25, 0.3) is 6.43 Å². The Morgan fingerprint density at radius 1 is 0.915 bits per heavy atom. The molecule has 13 heteroatoms. The maximum Gasteiger partial charge on any atom is 0.408 e. The summed E-state index contributed by atoms with van der Waals surface area (Å²) >= 11 is 0. The van der Waals surface area contributed by atoms with Gasteiger partial charge in [-0.15, -0.1) is 0 Å². The maximum atomic E-state index is 15.5. The zero-order valence-electron chi connectivity index (χ0n) is 27.9. The third-order valence-corrected chi connectivity index (χ3v) is 9.35. The first-order valence-electron chi connectivity index (χ1n) is 16.6. The summed E-state index contributed by atoms with van der Waals surface area (Å²) in [5.74, 6) is -5.76. The normalized spacial score (nSPS) is 19.0. The third kappa shape index (κ3) is 10.3. The highest BCUT2D eigenvalue weighted by molar-refractivity contribution is 5.97. The Morgan fingerprint density at radius 2 is 1.45 bits per heavy atom. The summed E-state index contributed by atoms with van der Waals surface area (Å²) in [6.07, 6.45) is 2.34. The highest BCUT2D eigenvalue weighted by Gasteiger charge is 2.43. The molecule has 0 radical (unpaired) electrons. The molecule has 47 heavy (non-hydrogen) atoms. The number of aliphatic carboxylic acids is 1. The lowest BCUT2D eigenvalue weighted by Gasteiger charge is -2.42. The monoisotopic (exact) mass is 671 g/mol. The molecular weight excluding hydrogens is 622 g/mol. The molecule has 9 nitrogen and oxygen atoms in total. The Hall–Kier alpha value is -3.38. The van der Waals surface area contributed by atoms with E-state index in [0.717, 1.165) is 77.2 Å². The SMILES string of the molecule is CC(C(=O)N(C(C)C(=O)O)C(F)C(F)F)c1ccc(NC(=O)C(NC(=O)OC(C)(C)C)C(C2CCCCC2)C2CCCCC2)c(F)c1. The molecule has 2 fully saturated rings. The van der Waals surface area contributed by atoms with Gasteiger partial charge in [0.2, 0.25) is 18.1 Å². The highest BCUT2D eigenvalue weighted by Crippen LogP contribution is 2.42.